The van der Waals surface area contributed by atoms with Gasteiger partial charge in [-0.25, -0.2) is 14.2 Å². The van der Waals surface area contributed by atoms with Gasteiger partial charge in [-0.1, -0.05) is 19.9 Å². The molecule has 32 heavy (non-hydrogen) atoms. The minimum atomic E-state index is -0.491. The number of rotatable bonds is 7. The molecule has 2 atom stereocenters. The smallest absolute Gasteiger partial charge is 0.415 e. The Morgan fingerprint density at radius 3 is 2.78 bits per heavy atom. The van der Waals surface area contributed by atoms with Gasteiger partial charge in [-0.2, -0.15) is 4.98 Å². The van der Waals surface area contributed by atoms with Crippen molar-refractivity contribution in [1.82, 2.24) is 15.0 Å². The first kappa shape index (κ1) is 21.5. The van der Waals surface area contributed by atoms with Crippen molar-refractivity contribution in [1.29, 1.82) is 0 Å². The van der Waals surface area contributed by atoms with E-state index >= 15 is 0 Å². The van der Waals surface area contributed by atoms with E-state index in [9.17, 15) is 9.18 Å². The minimum Gasteiger partial charge on any atom is -0.453 e. The van der Waals surface area contributed by atoms with Gasteiger partial charge in [0.2, 0.25) is 5.95 Å². The van der Waals surface area contributed by atoms with Crippen LogP contribution in [0.15, 0.2) is 55.0 Å². The number of carbonyl (C=O) groups excluding carboxylic acids is 1. The van der Waals surface area contributed by atoms with Crippen molar-refractivity contribution in [3.8, 4) is 11.5 Å². The summed E-state index contributed by atoms with van der Waals surface area (Å²) in [4.78, 5) is 26.4. The number of carbonyl (C=O) groups is 1. The van der Waals surface area contributed by atoms with Gasteiger partial charge in [-0.3, -0.25) is 9.88 Å². The molecule has 4 rings (SSSR count). The van der Waals surface area contributed by atoms with Gasteiger partial charge in [0.1, 0.15) is 18.2 Å². The van der Waals surface area contributed by atoms with Crippen LogP contribution in [0, 0.1) is 11.7 Å². The maximum absolute atomic E-state index is 14.6. The summed E-state index contributed by atoms with van der Waals surface area (Å²) in [5.74, 6) is 1.07. The van der Waals surface area contributed by atoms with Crippen LogP contribution in [0.3, 0.4) is 0 Å². The summed E-state index contributed by atoms with van der Waals surface area (Å²) in [6.07, 6.45) is 4.28. The second-order valence-corrected chi connectivity index (χ2v) is 7.84. The number of hydrogen-bond donors (Lipinski definition) is 1. The molecule has 1 amide bonds. The third-order valence-corrected chi connectivity index (χ3v) is 5.23. The molecule has 3 heterocycles. The lowest BCUT2D eigenvalue weighted by Crippen LogP contribution is -2.37. The number of ether oxygens (including phenoxy) is 2. The highest BCUT2D eigenvalue weighted by Gasteiger charge is 2.37. The van der Waals surface area contributed by atoms with E-state index < -0.39 is 11.9 Å². The Morgan fingerprint density at radius 1 is 1.22 bits per heavy atom. The van der Waals surface area contributed by atoms with Crippen LogP contribution in [-0.2, 0) is 4.74 Å². The third-order valence-electron chi connectivity index (χ3n) is 5.23. The van der Waals surface area contributed by atoms with Crippen molar-refractivity contribution < 1.29 is 18.7 Å². The zero-order valence-electron chi connectivity index (χ0n) is 18.0. The minimum absolute atomic E-state index is 0.0934. The van der Waals surface area contributed by atoms with Crippen molar-refractivity contribution in [2.24, 2.45) is 5.92 Å². The Hall–Kier alpha value is -3.75. The van der Waals surface area contributed by atoms with Gasteiger partial charge < -0.3 is 14.8 Å². The van der Waals surface area contributed by atoms with Gasteiger partial charge >= 0.3 is 6.09 Å². The topological polar surface area (TPSA) is 89.5 Å². The zero-order valence-corrected chi connectivity index (χ0v) is 18.0. The summed E-state index contributed by atoms with van der Waals surface area (Å²) in [5.41, 5.74) is 0.690. The molecular weight excluding hydrogens is 413 g/mol. The monoisotopic (exact) mass is 437 g/mol. The zero-order chi connectivity index (χ0) is 22.7. The van der Waals surface area contributed by atoms with Gasteiger partial charge in [0.25, 0.3) is 0 Å². The SMILES string of the molecule is CC(C)[C@H]1COC(=O)N1c1ccnc(N[C@H](C)c2ccc(Oc3cccnc3)c(F)c2)n1. The van der Waals surface area contributed by atoms with Crippen LogP contribution >= 0.6 is 0 Å². The van der Waals surface area contributed by atoms with Crippen molar-refractivity contribution in [3.05, 3.63) is 66.4 Å². The fraction of sp³-hybridized carbons (Fsp3) is 0.304. The van der Waals surface area contributed by atoms with Crippen LogP contribution in [0.4, 0.5) is 21.0 Å². The highest BCUT2D eigenvalue weighted by Crippen LogP contribution is 2.29. The average Bonchev–Trinajstić information content (AvgIpc) is 3.18. The maximum Gasteiger partial charge on any atom is 0.415 e. The predicted molar refractivity (Wildman–Crippen MR) is 117 cm³/mol. The maximum atomic E-state index is 14.6. The third kappa shape index (κ3) is 4.61. The lowest BCUT2D eigenvalue weighted by Gasteiger charge is -2.23. The molecule has 0 spiro atoms. The average molecular weight is 437 g/mol. The Balaban J connectivity index is 1.48. The summed E-state index contributed by atoms with van der Waals surface area (Å²) >= 11 is 0. The Morgan fingerprint density at radius 2 is 2.06 bits per heavy atom. The van der Waals surface area contributed by atoms with Gasteiger partial charge in [0, 0.05) is 12.4 Å². The van der Waals surface area contributed by atoms with Crippen LogP contribution in [0.5, 0.6) is 11.5 Å². The molecule has 9 heteroatoms. The summed E-state index contributed by atoms with van der Waals surface area (Å²) in [6.45, 7) is 6.25. The normalized spacial score (nSPS) is 16.7. The van der Waals surface area contributed by atoms with Crippen LogP contribution in [0.2, 0.25) is 0 Å². The van der Waals surface area contributed by atoms with E-state index in [1.807, 2.05) is 20.8 Å². The first-order valence-corrected chi connectivity index (χ1v) is 10.4. The van der Waals surface area contributed by atoms with E-state index in [0.29, 0.717) is 29.7 Å². The molecular formula is C23H24FN5O3. The summed E-state index contributed by atoms with van der Waals surface area (Å²) in [6, 6.07) is 9.44. The Kier molecular flexibility index (Phi) is 6.16. The van der Waals surface area contributed by atoms with Crippen LogP contribution in [0.25, 0.3) is 0 Å². The molecule has 1 saturated heterocycles. The molecule has 1 aliphatic rings. The number of pyridine rings is 1. The molecule has 0 radical (unpaired) electrons. The number of hydrogen-bond acceptors (Lipinski definition) is 7. The molecule has 0 bridgehead atoms. The number of cyclic esters (lactones) is 1. The van der Waals surface area contributed by atoms with Gasteiger partial charge in [-0.05, 0) is 48.7 Å². The van der Waals surface area contributed by atoms with Crippen molar-refractivity contribution in [2.45, 2.75) is 32.9 Å². The second kappa shape index (κ2) is 9.17. The van der Waals surface area contributed by atoms with E-state index in [1.54, 1.807) is 47.6 Å². The number of nitrogens with zero attached hydrogens (tertiary/aromatic N) is 4. The lowest BCUT2D eigenvalue weighted by atomic mass is 10.0. The molecule has 1 N–H and O–H groups in total. The molecule has 1 aromatic carbocycles. The Labute approximate surface area is 185 Å². The second-order valence-electron chi connectivity index (χ2n) is 7.84. The van der Waals surface area contributed by atoms with E-state index in [2.05, 4.69) is 20.3 Å². The van der Waals surface area contributed by atoms with Gasteiger partial charge in [0.15, 0.2) is 11.6 Å². The fourth-order valence-electron chi connectivity index (χ4n) is 3.42. The van der Waals surface area contributed by atoms with E-state index in [0.717, 1.165) is 0 Å². The molecule has 1 aliphatic heterocycles. The quantitative estimate of drug-likeness (QED) is 0.559. The molecule has 0 saturated carbocycles. The van der Waals surface area contributed by atoms with Crippen LogP contribution in [0.1, 0.15) is 32.4 Å². The standard InChI is InChI=1S/C23H24FN5O3/c1-14(2)19-13-31-23(30)29(19)21-8-10-26-22(28-21)27-15(3)16-6-7-20(18(24)11-16)32-17-5-4-9-25-12-17/h4-12,14-15,19H,13H2,1-3H3,(H,26,27,28)/t15-,19-/m1/s1. The van der Waals surface area contributed by atoms with Crippen molar-refractivity contribution in [2.75, 3.05) is 16.8 Å². The molecule has 0 aliphatic carbocycles. The van der Waals surface area contributed by atoms with E-state index in [1.165, 1.54) is 12.3 Å². The number of aromatic nitrogens is 3. The lowest BCUT2D eigenvalue weighted by molar-refractivity contribution is 0.177. The van der Waals surface area contributed by atoms with Gasteiger partial charge in [0.05, 0.1) is 18.3 Å². The molecule has 1 fully saturated rings. The van der Waals surface area contributed by atoms with Crippen LogP contribution in [-0.4, -0.2) is 33.7 Å². The highest BCUT2D eigenvalue weighted by atomic mass is 19.1. The number of halogens is 1. The van der Waals surface area contributed by atoms with Crippen molar-refractivity contribution in [3.63, 3.8) is 0 Å². The van der Waals surface area contributed by atoms with Crippen molar-refractivity contribution >= 4 is 17.9 Å². The van der Waals surface area contributed by atoms with E-state index in [4.69, 9.17) is 9.47 Å². The largest absolute Gasteiger partial charge is 0.453 e. The molecule has 3 aromatic rings. The predicted octanol–water partition coefficient (Wildman–Crippen LogP) is 4.96. The molecule has 166 valence electrons. The fourth-order valence-corrected chi connectivity index (χ4v) is 3.42. The molecule has 0 unspecified atom stereocenters. The van der Waals surface area contributed by atoms with Crippen LogP contribution < -0.4 is 15.0 Å². The Bertz CT molecular complexity index is 1100. The first-order valence-electron chi connectivity index (χ1n) is 10.4. The molecule has 8 nitrogen and oxygen atoms in total. The number of anilines is 2. The number of benzene rings is 1. The molecule has 2 aromatic heterocycles. The summed E-state index contributed by atoms with van der Waals surface area (Å²) < 4.78 is 25.3. The number of nitrogens with one attached hydrogen (secondary N) is 1. The summed E-state index contributed by atoms with van der Waals surface area (Å²) in [7, 11) is 0. The van der Waals surface area contributed by atoms with E-state index in [-0.39, 0.29) is 23.8 Å². The highest BCUT2D eigenvalue weighted by molar-refractivity contribution is 5.89. The summed E-state index contributed by atoms with van der Waals surface area (Å²) in [5, 5.41) is 3.16. The first-order chi connectivity index (χ1) is 15.4. The number of amides is 1. The van der Waals surface area contributed by atoms with Gasteiger partial charge in [-0.15, -0.1) is 0 Å².